The maximum atomic E-state index is 13.2. The molecule has 0 aliphatic carbocycles. The molecule has 35 heavy (non-hydrogen) atoms. The number of hydrogen-bond donors (Lipinski definition) is 1. The van der Waals surface area contributed by atoms with Gasteiger partial charge >= 0.3 is 0 Å². The first kappa shape index (κ1) is 25.5. The molecule has 1 amide bonds. The quantitative estimate of drug-likeness (QED) is 0.595. The third-order valence-corrected chi connectivity index (χ3v) is 7.96. The molecule has 5 rings (SSSR count). The number of phenolic OH excluding ortho intramolecular Hbond substituents is 1. The van der Waals surface area contributed by atoms with Gasteiger partial charge in [-0.2, -0.15) is 0 Å². The van der Waals surface area contributed by atoms with Crippen molar-refractivity contribution >= 4 is 11.5 Å². The normalized spacial score (nSPS) is 21.5. The molecule has 5 heteroatoms. The van der Waals surface area contributed by atoms with Gasteiger partial charge in [-0.25, -0.2) is 0 Å². The lowest BCUT2D eigenvalue weighted by molar-refractivity contribution is -0.132. The van der Waals surface area contributed by atoms with Crippen LogP contribution in [0.3, 0.4) is 0 Å². The Morgan fingerprint density at radius 1 is 1.17 bits per heavy atom. The number of amides is 1. The molecule has 188 valence electrons. The predicted octanol–water partition coefficient (Wildman–Crippen LogP) is 5.50. The average molecular weight is 477 g/mol. The van der Waals surface area contributed by atoms with Crippen LogP contribution in [-0.4, -0.2) is 54.0 Å². The van der Waals surface area contributed by atoms with E-state index in [2.05, 4.69) is 43.1 Å². The summed E-state index contributed by atoms with van der Waals surface area (Å²) in [6, 6.07) is 13.6. The molecule has 2 fully saturated rings. The number of piperidine rings is 1. The summed E-state index contributed by atoms with van der Waals surface area (Å²) in [5, 5.41) is 9.65. The molecule has 0 aromatic heterocycles. The summed E-state index contributed by atoms with van der Waals surface area (Å²) in [6.07, 6.45) is 6.30. The molecule has 1 unspecified atom stereocenters. The van der Waals surface area contributed by atoms with Crippen molar-refractivity contribution in [2.24, 2.45) is 5.92 Å². The zero-order valence-electron chi connectivity index (χ0n) is 21.7. The highest BCUT2D eigenvalue weighted by molar-refractivity contribution is 6.19. The van der Waals surface area contributed by atoms with Gasteiger partial charge in [-0.1, -0.05) is 49.8 Å². The largest absolute Gasteiger partial charge is 0.508 e. The summed E-state index contributed by atoms with van der Waals surface area (Å²) in [4.78, 5) is 17.5. The fourth-order valence-corrected chi connectivity index (χ4v) is 5.74. The van der Waals surface area contributed by atoms with E-state index in [4.69, 9.17) is 4.74 Å². The van der Waals surface area contributed by atoms with Gasteiger partial charge in [0.25, 0.3) is 5.91 Å². The van der Waals surface area contributed by atoms with E-state index in [1.807, 2.05) is 30.9 Å². The molecule has 3 aliphatic rings. The van der Waals surface area contributed by atoms with Crippen LogP contribution in [-0.2, 0) is 21.7 Å². The number of allylic oxidation sites excluding steroid dienone is 1. The molecule has 0 saturated carbocycles. The van der Waals surface area contributed by atoms with E-state index < -0.39 is 0 Å². The molecule has 1 spiro atoms. The number of likely N-dealkylation sites (tertiary alicyclic amines) is 2. The van der Waals surface area contributed by atoms with Crippen LogP contribution >= 0.6 is 0 Å². The van der Waals surface area contributed by atoms with E-state index in [0.717, 1.165) is 29.9 Å². The number of aryl methyl sites for hydroxylation is 1. The number of aromatic hydroxyl groups is 1. The average Bonchev–Trinajstić information content (AvgIpc) is 3.45. The van der Waals surface area contributed by atoms with Crippen molar-refractivity contribution in [3.8, 4) is 5.75 Å². The minimum absolute atomic E-state index is 0.0485. The number of hydrogen-bond acceptors (Lipinski definition) is 4. The fraction of sp³-hybridized carbons (Fsp3) is 0.500. The van der Waals surface area contributed by atoms with Crippen molar-refractivity contribution in [2.75, 3.05) is 33.2 Å². The summed E-state index contributed by atoms with van der Waals surface area (Å²) in [5.41, 5.74) is 4.79. The van der Waals surface area contributed by atoms with Crippen molar-refractivity contribution in [1.82, 2.24) is 9.80 Å². The minimum Gasteiger partial charge on any atom is -0.508 e. The molecule has 0 radical (unpaired) electrons. The second-order valence-electron chi connectivity index (χ2n) is 10.3. The molecule has 2 aromatic carbocycles. The highest BCUT2D eigenvalue weighted by atomic mass is 16.5. The maximum Gasteiger partial charge on any atom is 0.254 e. The Bertz CT molecular complexity index is 1070. The lowest BCUT2D eigenvalue weighted by Gasteiger charge is -2.39. The Kier molecular flexibility index (Phi) is 7.98. The smallest absolute Gasteiger partial charge is 0.254 e. The molecule has 0 bridgehead atoms. The standard InChI is InChI=1S/C23H25NO3.C7H15N/c1-3-19(20-9-8-18(25)14-16(20)2)22(26)24-12-10-23(11-13-24)21-7-5-4-6-17(21)15-27-23;1-3-7-4-5-8(2)6-7/h3-9,14,25H,10-13,15H2,1-2H3;7H,3-6H2,1-2H3/b19-3+;. The SMILES string of the molecule is C/C=C(/C(=O)N1CCC2(CC1)OCc1ccccc12)c1ccc(O)cc1C.CCC1CCN(C)C1. The molecular weight excluding hydrogens is 436 g/mol. The Labute approximate surface area is 210 Å². The van der Waals surface area contributed by atoms with Crippen molar-refractivity contribution in [3.63, 3.8) is 0 Å². The molecule has 1 N–H and O–H groups in total. The first-order chi connectivity index (χ1) is 16.9. The van der Waals surface area contributed by atoms with Crippen LogP contribution in [0.5, 0.6) is 5.75 Å². The van der Waals surface area contributed by atoms with Crippen molar-refractivity contribution in [2.45, 2.75) is 58.7 Å². The van der Waals surface area contributed by atoms with Crippen molar-refractivity contribution in [3.05, 3.63) is 70.8 Å². The van der Waals surface area contributed by atoms with Crippen LogP contribution in [0.25, 0.3) is 5.57 Å². The number of phenols is 1. The Morgan fingerprint density at radius 3 is 2.51 bits per heavy atom. The molecule has 2 aromatic rings. The Morgan fingerprint density at radius 2 is 1.91 bits per heavy atom. The fourth-order valence-electron chi connectivity index (χ4n) is 5.74. The van der Waals surface area contributed by atoms with E-state index >= 15 is 0 Å². The lowest BCUT2D eigenvalue weighted by atomic mass is 9.83. The third-order valence-electron chi connectivity index (χ3n) is 7.96. The summed E-state index contributed by atoms with van der Waals surface area (Å²) in [5.74, 6) is 1.27. The number of benzene rings is 2. The first-order valence-corrected chi connectivity index (χ1v) is 13.0. The van der Waals surface area contributed by atoms with Gasteiger partial charge in [0, 0.05) is 25.2 Å². The predicted molar refractivity (Wildman–Crippen MR) is 141 cm³/mol. The number of rotatable bonds is 3. The zero-order chi connectivity index (χ0) is 25.0. The number of nitrogens with zero attached hydrogens (tertiary/aromatic N) is 2. The topological polar surface area (TPSA) is 53.0 Å². The minimum atomic E-state index is -0.238. The highest BCUT2D eigenvalue weighted by Gasteiger charge is 2.43. The van der Waals surface area contributed by atoms with E-state index in [9.17, 15) is 9.90 Å². The van der Waals surface area contributed by atoms with Gasteiger partial charge in [0.15, 0.2) is 0 Å². The number of carbonyl (C=O) groups excluding carboxylic acids is 1. The molecule has 3 heterocycles. The monoisotopic (exact) mass is 476 g/mol. The van der Waals surface area contributed by atoms with Crippen LogP contribution in [0.4, 0.5) is 0 Å². The van der Waals surface area contributed by atoms with Gasteiger partial charge in [0.05, 0.1) is 12.2 Å². The Balaban J connectivity index is 0.000000308. The van der Waals surface area contributed by atoms with Gasteiger partial charge in [-0.05, 0) is 87.0 Å². The summed E-state index contributed by atoms with van der Waals surface area (Å²) in [6.45, 7) is 10.8. The number of ether oxygens (including phenoxy) is 1. The molecule has 2 saturated heterocycles. The van der Waals surface area contributed by atoms with Crippen LogP contribution in [0.2, 0.25) is 0 Å². The number of carbonyl (C=O) groups is 1. The molecular formula is C30H40N2O3. The van der Waals surface area contributed by atoms with Gasteiger partial charge in [0.2, 0.25) is 0 Å². The third kappa shape index (κ3) is 5.46. The molecule has 3 aliphatic heterocycles. The lowest BCUT2D eigenvalue weighted by Crippen LogP contribution is -2.45. The molecule has 5 nitrogen and oxygen atoms in total. The van der Waals surface area contributed by atoms with E-state index in [0.29, 0.717) is 25.3 Å². The molecule has 1 atom stereocenters. The van der Waals surface area contributed by atoms with Gasteiger partial charge in [0.1, 0.15) is 5.75 Å². The Hall–Kier alpha value is -2.63. The van der Waals surface area contributed by atoms with E-state index in [1.54, 1.807) is 12.1 Å². The van der Waals surface area contributed by atoms with Gasteiger partial charge < -0.3 is 19.6 Å². The maximum absolute atomic E-state index is 13.2. The summed E-state index contributed by atoms with van der Waals surface area (Å²) >= 11 is 0. The van der Waals surface area contributed by atoms with E-state index in [-0.39, 0.29) is 17.3 Å². The summed E-state index contributed by atoms with van der Waals surface area (Å²) < 4.78 is 6.20. The van der Waals surface area contributed by atoms with Crippen LogP contribution < -0.4 is 0 Å². The van der Waals surface area contributed by atoms with Crippen LogP contribution in [0.15, 0.2) is 48.5 Å². The summed E-state index contributed by atoms with van der Waals surface area (Å²) in [7, 11) is 2.20. The van der Waals surface area contributed by atoms with Crippen molar-refractivity contribution < 1.29 is 14.6 Å². The second kappa shape index (κ2) is 11.0. The van der Waals surface area contributed by atoms with Gasteiger partial charge in [-0.15, -0.1) is 0 Å². The van der Waals surface area contributed by atoms with E-state index in [1.165, 1.54) is 37.1 Å². The first-order valence-electron chi connectivity index (χ1n) is 13.0. The highest BCUT2D eigenvalue weighted by Crippen LogP contribution is 2.44. The van der Waals surface area contributed by atoms with Crippen LogP contribution in [0, 0.1) is 12.8 Å². The van der Waals surface area contributed by atoms with Gasteiger partial charge in [-0.3, -0.25) is 4.79 Å². The zero-order valence-corrected chi connectivity index (χ0v) is 21.7. The number of fused-ring (bicyclic) bond motifs is 2. The second-order valence-corrected chi connectivity index (χ2v) is 10.3. The van der Waals surface area contributed by atoms with Crippen LogP contribution in [0.1, 0.15) is 61.8 Å². The van der Waals surface area contributed by atoms with Crippen molar-refractivity contribution in [1.29, 1.82) is 0 Å².